The number of fused-ring (bicyclic) bond motifs is 1. The molecule has 104 valence electrons. The fourth-order valence-electron chi connectivity index (χ4n) is 3.23. The van der Waals surface area contributed by atoms with Gasteiger partial charge in [0.2, 0.25) is 0 Å². The monoisotopic (exact) mass is 261 g/mol. The molecule has 1 aliphatic carbocycles. The van der Waals surface area contributed by atoms with Gasteiger partial charge in [-0.1, -0.05) is 31.2 Å². The number of hydrogen-bond acceptors (Lipinski definition) is 3. The number of rotatable bonds is 3. The average Bonchev–Trinajstić information content (AvgIpc) is 2.95. The summed E-state index contributed by atoms with van der Waals surface area (Å²) < 4.78 is 11.5. The highest BCUT2D eigenvalue weighted by atomic mass is 16.5. The molecule has 0 bridgehead atoms. The van der Waals surface area contributed by atoms with Gasteiger partial charge in [0, 0.05) is 12.5 Å². The molecule has 4 atom stereocenters. The van der Waals surface area contributed by atoms with Crippen molar-refractivity contribution in [2.45, 2.75) is 37.8 Å². The molecule has 1 heterocycles. The molecule has 3 rings (SSSR count). The first kappa shape index (κ1) is 13.1. The van der Waals surface area contributed by atoms with E-state index in [2.05, 4.69) is 31.2 Å². The Hall–Kier alpha value is -0.900. The molecule has 1 saturated heterocycles. The number of ether oxygens (including phenoxy) is 2. The summed E-state index contributed by atoms with van der Waals surface area (Å²) in [4.78, 5) is 0. The SMILES string of the molecule is CC1CC(OCC2CCOC2)C(N)c2ccccc21. The predicted octanol–water partition coefficient (Wildman–Crippen LogP) is 2.62. The molecule has 1 aliphatic heterocycles. The summed E-state index contributed by atoms with van der Waals surface area (Å²) in [5, 5.41) is 0. The summed E-state index contributed by atoms with van der Waals surface area (Å²) >= 11 is 0. The summed E-state index contributed by atoms with van der Waals surface area (Å²) in [6.07, 6.45) is 2.28. The average molecular weight is 261 g/mol. The van der Waals surface area contributed by atoms with Crippen molar-refractivity contribution in [3.05, 3.63) is 35.4 Å². The smallest absolute Gasteiger partial charge is 0.0773 e. The van der Waals surface area contributed by atoms with Crippen LogP contribution in [-0.2, 0) is 9.47 Å². The first-order chi connectivity index (χ1) is 9.25. The quantitative estimate of drug-likeness (QED) is 0.909. The number of hydrogen-bond donors (Lipinski definition) is 1. The Labute approximate surface area is 115 Å². The van der Waals surface area contributed by atoms with Crippen LogP contribution in [0.2, 0.25) is 0 Å². The third-order valence-corrected chi connectivity index (χ3v) is 4.44. The molecular weight excluding hydrogens is 238 g/mol. The van der Waals surface area contributed by atoms with Crippen molar-refractivity contribution < 1.29 is 9.47 Å². The van der Waals surface area contributed by atoms with Crippen LogP contribution in [0.25, 0.3) is 0 Å². The van der Waals surface area contributed by atoms with Gasteiger partial charge in [-0.3, -0.25) is 0 Å². The van der Waals surface area contributed by atoms with Crippen molar-refractivity contribution in [3.63, 3.8) is 0 Å². The maximum atomic E-state index is 6.38. The van der Waals surface area contributed by atoms with Gasteiger partial charge in [-0.2, -0.15) is 0 Å². The summed E-state index contributed by atoms with van der Waals surface area (Å²) in [5.74, 6) is 1.08. The van der Waals surface area contributed by atoms with Gasteiger partial charge in [-0.05, 0) is 29.9 Å². The zero-order chi connectivity index (χ0) is 13.2. The standard InChI is InChI=1S/C16H23NO2/c1-11-8-15(19-10-12-6-7-18-9-12)16(17)14-5-3-2-4-13(11)14/h2-5,11-12,15-16H,6-10,17H2,1H3. The zero-order valence-corrected chi connectivity index (χ0v) is 11.5. The maximum Gasteiger partial charge on any atom is 0.0773 e. The summed E-state index contributed by atoms with van der Waals surface area (Å²) in [7, 11) is 0. The van der Waals surface area contributed by atoms with Crippen LogP contribution >= 0.6 is 0 Å². The molecule has 3 heteroatoms. The Kier molecular flexibility index (Phi) is 3.87. The predicted molar refractivity (Wildman–Crippen MR) is 75.1 cm³/mol. The summed E-state index contributed by atoms with van der Waals surface area (Å²) in [6.45, 7) is 4.77. The molecule has 0 radical (unpaired) electrons. The Morgan fingerprint density at radius 1 is 1.32 bits per heavy atom. The van der Waals surface area contributed by atoms with Crippen LogP contribution in [0.5, 0.6) is 0 Å². The van der Waals surface area contributed by atoms with Gasteiger partial charge in [0.25, 0.3) is 0 Å². The second-order valence-electron chi connectivity index (χ2n) is 5.89. The number of benzene rings is 1. The highest BCUT2D eigenvalue weighted by molar-refractivity contribution is 5.35. The Morgan fingerprint density at radius 2 is 2.11 bits per heavy atom. The molecule has 1 aromatic carbocycles. The third kappa shape index (κ3) is 2.69. The largest absolute Gasteiger partial charge is 0.381 e. The first-order valence-corrected chi connectivity index (χ1v) is 7.29. The van der Waals surface area contributed by atoms with E-state index in [9.17, 15) is 0 Å². The zero-order valence-electron chi connectivity index (χ0n) is 11.5. The molecule has 19 heavy (non-hydrogen) atoms. The second kappa shape index (κ2) is 5.61. The van der Waals surface area contributed by atoms with E-state index in [4.69, 9.17) is 15.2 Å². The van der Waals surface area contributed by atoms with Crippen molar-refractivity contribution in [2.24, 2.45) is 11.7 Å². The van der Waals surface area contributed by atoms with Crippen LogP contribution in [0.15, 0.2) is 24.3 Å². The molecule has 2 aliphatic rings. The van der Waals surface area contributed by atoms with Crippen LogP contribution in [0.4, 0.5) is 0 Å². The van der Waals surface area contributed by atoms with E-state index in [0.717, 1.165) is 32.7 Å². The van der Waals surface area contributed by atoms with Crippen molar-refractivity contribution in [1.29, 1.82) is 0 Å². The summed E-state index contributed by atoms with van der Waals surface area (Å²) in [6, 6.07) is 8.51. The molecule has 3 nitrogen and oxygen atoms in total. The lowest BCUT2D eigenvalue weighted by Gasteiger charge is -2.35. The van der Waals surface area contributed by atoms with Gasteiger partial charge in [0.1, 0.15) is 0 Å². The lowest BCUT2D eigenvalue weighted by Crippen LogP contribution is -2.36. The van der Waals surface area contributed by atoms with Gasteiger partial charge in [-0.25, -0.2) is 0 Å². The molecule has 0 spiro atoms. The lowest BCUT2D eigenvalue weighted by atomic mass is 9.79. The molecule has 4 unspecified atom stereocenters. The van der Waals surface area contributed by atoms with Crippen molar-refractivity contribution in [3.8, 4) is 0 Å². The maximum absolute atomic E-state index is 6.38. The van der Waals surface area contributed by atoms with Gasteiger partial charge in [0.05, 0.1) is 25.4 Å². The van der Waals surface area contributed by atoms with Gasteiger partial charge in [-0.15, -0.1) is 0 Å². The minimum absolute atomic E-state index is 0.00900. The molecule has 1 fully saturated rings. The van der Waals surface area contributed by atoms with Crippen LogP contribution in [0.3, 0.4) is 0 Å². The van der Waals surface area contributed by atoms with E-state index < -0.39 is 0 Å². The van der Waals surface area contributed by atoms with Crippen molar-refractivity contribution in [1.82, 2.24) is 0 Å². The van der Waals surface area contributed by atoms with Crippen molar-refractivity contribution in [2.75, 3.05) is 19.8 Å². The normalized spacial score (nSPS) is 34.2. The van der Waals surface area contributed by atoms with Crippen LogP contribution in [0.1, 0.15) is 42.9 Å². The van der Waals surface area contributed by atoms with E-state index in [1.54, 1.807) is 0 Å². The topological polar surface area (TPSA) is 44.5 Å². The van der Waals surface area contributed by atoms with E-state index in [1.807, 2.05) is 0 Å². The lowest BCUT2D eigenvalue weighted by molar-refractivity contribution is -0.00110. The Balaban J connectivity index is 1.67. The van der Waals surface area contributed by atoms with Crippen molar-refractivity contribution >= 4 is 0 Å². The van der Waals surface area contributed by atoms with Crippen LogP contribution in [-0.4, -0.2) is 25.9 Å². The minimum Gasteiger partial charge on any atom is -0.381 e. The third-order valence-electron chi connectivity index (χ3n) is 4.44. The summed E-state index contributed by atoms with van der Waals surface area (Å²) in [5.41, 5.74) is 9.03. The van der Waals surface area contributed by atoms with Gasteiger partial charge in [0.15, 0.2) is 0 Å². The molecule has 0 amide bonds. The molecule has 0 aromatic heterocycles. The van der Waals surface area contributed by atoms with E-state index in [0.29, 0.717) is 11.8 Å². The fraction of sp³-hybridized carbons (Fsp3) is 0.625. The highest BCUT2D eigenvalue weighted by Gasteiger charge is 2.32. The first-order valence-electron chi connectivity index (χ1n) is 7.29. The van der Waals surface area contributed by atoms with Gasteiger partial charge >= 0.3 is 0 Å². The molecule has 0 saturated carbocycles. The van der Waals surface area contributed by atoms with Crippen LogP contribution < -0.4 is 5.73 Å². The minimum atomic E-state index is 0.00900. The highest BCUT2D eigenvalue weighted by Crippen LogP contribution is 2.37. The number of nitrogens with two attached hydrogens (primary N) is 1. The van der Waals surface area contributed by atoms with Gasteiger partial charge < -0.3 is 15.2 Å². The second-order valence-corrected chi connectivity index (χ2v) is 5.89. The molecule has 1 aromatic rings. The molecular formula is C16H23NO2. The fourth-order valence-corrected chi connectivity index (χ4v) is 3.23. The van der Waals surface area contributed by atoms with E-state index >= 15 is 0 Å². The van der Waals surface area contributed by atoms with E-state index in [-0.39, 0.29) is 12.1 Å². The van der Waals surface area contributed by atoms with Crippen LogP contribution in [0, 0.1) is 5.92 Å². The molecule has 2 N–H and O–H groups in total. The Bertz CT molecular complexity index is 429. The Morgan fingerprint density at radius 3 is 2.84 bits per heavy atom. The van der Waals surface area contributed by atoms with E-state index in [1.165, 1.54) is 11.1 Å².